The van der Waals surface area contributed by atoms with E-state index < -0.39 is 0 Å². The molecule has 1 aliphatic heterocycles. The van der Waals surface area contributed by atoms with Crippen LogP contribution in [-0.4, -0.2) is 25.4 Å². The largest absolute Gasteiger partial charge is 0.330 e. The minimum absolute atomic E-state index is 0.201. The molecule has 3 heterocycles. The molecule has 7 rings (SSSR count). The number of aromatic amines is 1. The Kier molecular flexibility index (Phi) is 5.94. The highest BCUT2D eigenvalue weighted by Gasteiger charge is 2.24. The quantitative estimate of drug-likeness (QED) is 0.260. The molecule has 0 saturated heterocycles. The molecule has 7 nitrogen and oxygen atoms in total. The molecule has 2 N–H and O–H groups in total. The fourth-order valence-electron chi connectivity index (χ4n) is 5.30. The number of imidazole rings is 2. The first-order valence-electron chi connectivity index (χ1n) is 13.2. The highest BCUT2D eigenvalue weighted by Crippen LogP contribution is 2.35. The van der Waals surface area contributed by atoms with E-state index in [1.165, 1.54) is 5.56 Å². The van der Waals surface area contributed by atoms with Crippen molar-refractivity contribution in [2.24, 2.45) is 4.99 Å². The molecule has 40 heavy (non-hydrogen) atoms. The average Bonchev–Trinajstić information content (AvgIpc) is 3.48. The molecule has 1 aliphatic rings. The molecule has 0 radical (unpaired) electrons. The maximum Gasteiger partial charge on any atom is 0.327 e. The van der Waals surface area contributed by atoms with Gasteiger partial charge in [0, 0.05) is 0 Å². The number of benzene rings is 4. The molecule has 0 amide bonds. The standard InChI is InChI=1S/C33H26N6O/c40-33-37-30-29-31(38(22-36-29)20-27-15-7-8-17-28(27)25-13-5-2-6-14-25)34-21-35-32(30)39(33)19-23-10-9-16-26(18-23)24-11-3-1-4-12-24/h1-18,21-22H,19-20H2,(H,34,35)(H,37,40). The van der Waals surface area contributed by atoms with E-state index in [2.05, 4.69) is 64.9 Å². The Balaban J connectivity index is 1.22. The smallest absolute Gasteiger partial charge is 0.327 e. The summed E-state index contributed by atoms with van der Waals surface area (Å²) in [6, 6.07) is 37.2. The Morgan fingerprint density at radius 2 is 1.45 bits per heavy atom. The summed E-state index contributed by atoms with van der Waals surface area (Å²) in [6.45, 7) is 1.00. The first-order chi connectivity index (χ1) is 19.7. The third kappa shape index (κ3) is 4.33. The van der Waals surface area contributed by atoms with E-state index in [0.717, 1.165) is 27.8 Å². The average molecular weight is 523 g/mol. The number of nitrogens with zero attached hydrogens (tertiary/aromatic N) is 4. The van der Waals surface area contributed by atoms with Crippen LogP contribution in [-0.2, 0) is 13.1 Å². The van der Waals surface area contributed by atoms with Gasteiger partial charge in [-0.15, -0.1) is 0 Å². The minimum Gasteiger partial charge on any atom is -0.330 e. The summed E-state index contributed by atoms with van der Waals surface area (Å²) in [6.07, 6.45) is 3.42. The number of nitrogens with one attached hydrogen (secondary N) is 2. The van der Waals surface area contributed by atoms with Crippen LogP contribution in [0.2, 0.25) is 0 Å². The Morgan fingerprint density at radius 1 is 0.725 bits per heavy atom. The maximum absolute atomic E-state index is 13.2. The van der Waals surface area contributed by atoms with Crippen molar-refractivity contribution in [2.75, 3.05) is 5.32 Å². The van der Waals surface area contributed by atoms with Crippen molar-refractivity contribution < 1.29 is 0 Å². The lowest BCUT2D eigenvalue weighted by Crippen LogP contribution is -2.19. The molecular weight excluding hydrogens is 496 g/mol. The monoisotopic (exact) mass is 522 g/mol. The van der Waals surface area contributed by atoms with Crippen LogP contribution in [0.5, 0.6) is 0 Å². The van der Waals surface area contributed by atoms with Crippen LogP contribution >= 0.6 is 0 Å². The molecule has 7 heteroatoms. The van der Waals surface area contributed by atoms with Crippen LogP contribution in [0.15, 0.2) is 125 Å². The minimum atomic E-state index is -0.201. The van der Waals surface area contributed by atoms with Gasteiger partial charge < -0.3 is 14.9 Å². The van der Waals surface area contributed by atoms with Crippen LogP contribution in [0.3, 0.4) is 0 Å². The fraction of sp³-hybridized carbons (Fsp3) is 0.0606. The van der Waals surface area contributed by atoms with Gasteiger partial charge in [0.25, 0.3) is 0 Å². The summed E-state index contributed by atoms with van der Waals surface area (Å²) in [4.78, 5) is 25.6. The normalized spacial score (nSPS) is 11.9. The maximum atomic E-state index is 13.2. The van der Waals surface area contributed by atoms with Crippen molar-refractivity contribution in [3.8, 4) is 33.6 Å². The van der Waals surface area contributed by atoms with Crippen molar-refractivity contribution >= 4 is 18.0 Å². The molecule has 2 aromatic heterocycles. The fourth-order valence-corrected chi connectivity index (χ4v) is 5.30. The third-order valence-electron chi connectivity index (χ3n) is 7.24. The van der Waals surface area contributed by atoms with E-state index in [1.54, 1.807) is 17.2 Å². The van der Waals surface area contributed by atoms with Crippen LogP contribution in [0.25, 0.3) is 33.6 Å². The number of hydrogen-bond donors (Lipinski definition) is 2. The topological polar surface area (TPSA) is 80.0 Å². The number of H-pyrrole nitrogens is 1. The molecule has 0 atom stereocenters. The molecule has 0 aliphatic carbocycles. The van der Waals surface area contributed by atoms with E-state index >= 15 is 0 Å². The van der Waals surface area contributed by atoms with Gasteiger partial charge in [-0.25, -0.2) is 14.8 Å². The number of aliphatic imine (C=N–C) groups is 1. The van der Waals surface area contributed by atoms with Gasteiger partial charge >= 0.3 is 5.69 Å². The van der Waals surface area contributed by atoms with Crippen LogP contribution in [0.1, 0.15) is 11.1 Å². The summed E-state index contributed by atoms with van der Waals surface area (Å²) < 4.78 is 3.72. The molecule has 0 spiro atoms. The molecule has 0 saturated carbocycles. The zero-order valence-electron chi connectivity index (χ0n) is 21.7. The van der Waals surface area contributed by atoms with Gasteiger partial charge in [-0.1, -0.05) is 103 Å². The van der Waals surface area contributed by atoms with Gasteiger partial charge in [0.15, 0.2) is 5.82 Å². The highest BCUT2D eigenvalue weighted by molar-refractivity contribution is 5.90. The third-order valence-corrected chi connectivity index (χ3v) is 7.24. The molecule has 194 valence electrons. The second-order valence-electron chi connectivity index (χ2n) is 9.78. The number of hydrogen-bond acceptors (Lipinski definition) is 4. The summed E-state index contributed by atoms with van der Waals surface area (Å²) in [5.41, 5.74) is 7.83. The SMILES string of the molecule is O=c1[nH]c2c(n1Cc1cccc(-c3ccccc3)c1)NC=Nc1c-2ncn1Cc1ccccc1-c1ccccc1. The van der Waals surface area contributed by atoms with Gasteiger partial charge in [0.1, 0.15) is 17.2 Å². The zero-order valence-corrected chi connectivity index (χ0v) is 21.7. The van der Waals surface area contributed by atoms with Gasteiger partial charge in [-0.05, 0) is 39.4 Å². The van der Waals surface area contributed by atoms with Gasteiger partial charge in [0.05, 0.1) is 25.8 Å². The van der Waals surface area contributed by atoms with E-state index in [1.807, 2.05) is 59.2 Å². The van der Waals surface area contributed by atoms with Crippen molar-refractivity contribution in [1.82, 2.24) is 19.1 Å². The van der Waals surface area contributed by atoms with Crippen molar-refractivity contribution in [2.45, 2.75) is 13.1 Å². The summed E-state index contributed by atoms with van der Waals surface area (Å²) >= 11 is 0. The number of anilines is 1. The first-order valence-corrected chi connectivity index (χ1v) is 13.2. The molecule has 0 bridgehead atoms. The molecule has 0 fully saturated rings. The molecule has 0 unspecified atom stereocenters. The second-order valence-corrected chi connectivity index (χ2v) is 9.78. The Bertz CT molecular complexity index is 1900. The van der Waals surface area contributed by atoms with Crippen molar-refractivity contribution in [1.29, 1.82) is 0 Å². The van der Waals surface area contributed by atoms with E-state index in [0.29, 0.717) is 36.1 Å². The lowest BCUT2D eigenvalue weighted by Gasteiger charge is -2.11. The predicted molar refractivity (Wildman–Crippen MR) is 160 cm³/mol. The Labute approximate surface area is 231 Å². The second kappa shape index (κ2) is 10.0. The van der Waals surface area contributed by atoms with Crippen LogP contribution < -0.4 is 11.0 Å². The molecule has 4 aromatic carbocycles. The number of aromatic nitrogens is 4. The first kappa shape index (κ1) is 23.7. The number of rotatable bonds is 6. The summed E-state index contributed by atoms with van der Waals surface area (Å²) in [5.74, 6) is 1.33. The van der Waals surface area contributed by atoms with Gasteiger partial charge in [0.2, 0.25) is 0 Å². The Hall–Kier alpha value is -5.43. The summed E-state index contributed by atoms with van der Waals surface area (Å²) in [7, 11) is 0. The lowest BCUT2D eigenvalue weighted by molar-refractivity contribution is 0.771. The molecular formula is C33H26N6O. The van der Waals surface area contributed by atoms with Gasteiger partial charge in [-0.3, -0.25) is 4.57 Å². The van der Waals surface area contributed by atoms with Crippen molar-refractivity contribution in [3.05, 3.63) is 137 Å². The number of fused-ring (bicyclic) bond motifs is 3. The molecule has 6 aromatic rings. The van der Waals surface area contributed by atoms with Crippen LogP contribution in [0.4, 0.5) is 11.6 Å². The van der Waals surface area contributed by atoms with Crippen LogP contribution in [0, 0.1) is 0 Å². The predicted octanol–water partition coefficient (Wildman–Crippen LogP) is 6.56. The lowest BCUT2D eigenvalue weighted by atomic mass is 10.00. The van der Waals surface area contributed by atoms with E-state index in [-0.39, 0.29) is 5.69 Å². The zero-order chi connectivity index (χ0) is 26.9. The summed E-state index contributed by atoms with van der Waals surface area (Å²) in [5, 5.41) is 3.23. The Morgan fingerprint density at radius 3 is 2.27 bits per heavy atom. The van der Waals surface area contributed by atoms with E-state index in [4.69, 9.17) is 9.98 Å². The van der Waals surface area contributed by atoms with E-state index in [9.17, 15) is 4.79 Å². The van der Waals surface area contributed by atoms with Gasteiger partial charge in [-0.2, -0.15) is 0 Å². The van der Waals surface area contributed by atoms with Crippen molar-refractivity contribution in [3.63, 3.8) is 0 Å². The highest BCUT2D eigenvalue weighted by atomic mass is 16.1.